The van der Waals surface area contributed by atoms with Crippen molar-refractivity contribution < 1.29 is 71.7 Å². The molecule has 26 heavy (non-hydrogen) atoms. The minimum atomic E-state index is -7.24. The molecule has 0 aliphatic heterocycles. The predicted molar refractivity (Wildman–Crippen MR) is 53.6 cm³/mol. The van der Waals surface area contributed by atoms with Crippen molar-refractivity contribution in [3.8, 4) is 0 Å². The van der Waals surface area contributed by atoms with Gasteiger partial charge < -0.3 is 0 Å². The average molecular weight is 459 g/mol. The molecular weight excluding hydrogens is 459 g/mol. The van der Waals surface area contributed by atoms with Crippen molar-refractivity contribution in [2.24, 2.45) is 0 Å². The highest BCUT2D eigenvalue weighted by atomic mass is 35.5. The molecule has 0 spiro atoms. The van der Waals surface area contributed by atoms with Crippen molar-refractivity contribution in [3.63, 3.8) is 0 Å². The molecule has 0 rings (SSSR count). The van der Waals surface area contributed by atoms with Crippen LogP contribution in [-0.4, -0.2) is 46.8 Å². The molecule has 0 amide bonds. The molecule has 0 saturated carbocycles. The third-order valence-electron chi connectivity index (χ3n) is 2.12. The van der Waals surface area contributed by atoms with E-state index in [2.05, 4.69) is 23.2 Å². The van der Waals surface area contributed by atoms with E-state index < -0.39 is 46.8 Å². The highest BCUT2D eigenvalue weighted by molar-refractivity contribution is 6.65. The largest absolute Gasteiger partial charge is 0.478 e. The van der Waals surface area contributed by atoms with E-state index in [-0.39, 0.29) is 0 Å². The van der Waals surface area contributed by atoms with Crippen LogP contribution in [0.5, 0.6) is 0 Å². The number of carbonyl (C=O) groups excluding carboxylic acids is 2. The number of hydrogen-bond donors (Lipinski definition) is 0. The summed E-state index contributed by atoms with van der Waals surface area (Å²) in [5, 5.41) is -7.12. The van der Waals surface area contributed by atoms with E-state index in [9.17, 15) is 62.3 Å². The van der Waals surface area contributed by atoms with E-state index >= 15 is 0 Å². The van der Waals surface area contributed by atoms with Crippen molar-refractivity contribution in [1.82, 2.24) is 0 Å². The molecule has 0 radical (unpaired) electrons. The van der Waals surface area contributed by atoms with Crippen molar-refractivity contribution in [1.29, 1.82) is 0 Å². The van der Waals surface area contributed by atoms with Crippen LogP contribution in [0.25, 0.3) is 0 Å². The zero-order valence-corrected chi connectivity index (χ0v) is 12.4. The summed E-state index contributed by atoms with van der Waals surface area (Å²) in [6.07, 6.45) is -21.1. The fourth-order valence-electron chi connectivity index (χ4n) is 0.917. The summed E-state index contributed by atoms with van der Waals surface area (Å²) < 4.78 is 156. The first-order valence-corrected chi connectivity index (χ1v) is 5.88. The second-order valence-corrected chi connectivity index (χ2v) is 4.66. The molecule has 0 heterocycles. The summed E-state index contributed by atoms with van der Waals surface area (Å²) in [4.78, 5) is 20.7. The molecule has 0 aliphatic rings. The lowest BCUT2D eigenvalue weighted by atomic mass is 10.3. The highest BCUT2D eigenvalue weighted by Crippen LogP contribution is 2.50. The summed E-state index contributed by atoms with van der Waals surface area (Å²) >= 11 is 7.98. The number of halogens is 14. The van der Waals surface area contributed by atoms with Gasteiger partial charge in [0, 0.05) is 0 Å². The zero-order valence-electron chi connectivity index (χ0n) is 10.9. The molecule has 18 heteroatoms. The molecule has 0 bridgehead atoms. The van der Waals surface area contributed by atoms with Gasteiger partial charge in [0.2, 0.25) is 0 Å². The van der Waals surface area contributed by atoms with Gasteiger partial charge in [-0.15, -0.1) is 0 Å². The average Bonchev–Trinajstić information content (AvgIpc) is 2.33. The Labute approximate surface area is 142 Å². The maximum atomic E-state index is 13.6. The molecule has 0 aromatic carbocycles. The summed E-state index contributed by atoms with van der Waals surface area (Å²) in [6, 6.07) is -7.02. The first-order valence-electron chi connectivity index (χ1n) is 5.12. The molecule has 0 aromatic rings. The van der Waals surface area contributed by atoms with Crippen molar-refractivity contribution in [2.45, 2.75) is 36.3 Å². The van der Waals surface area contributed by atoms with Crippen molar-refractivity contribution in [2.75, 3.05) is 0 Å². The van der Waals surface area contributed by atoms with Gasteiger partial charge in [-0.3, -0.25) is 19.1 Å². The minimum Gasteiger partial charge on any atom is -0.274 e. The lowest BCUT2D eigenvalue weighted by Gasteiger charge is -2.37. The first-order chi connectivity index (χ1) is 11.1. The van der Waals surface area contributed by atoms with Gasteiger partial charge >= 0.3 is 36.3 Å². The summed E-state index contributed by atoms with van der Waals surface area (Å²) in [7, 11) is 0. The molecule has 0 aromatic heterocycles. The topological polar surface area (TPSA) is 52.6 Å². The van der Waals surface area contributed by atoms with Crippen LogP contribution in [-0.2, 0) is 19.1 Å². The molecule has 154 valence electrons. The van der Waals surface area contributed by atoms with Gasteiger partial charge in [-0.25, -0.2) is 0 Å². The van der Waals surface area contributed by atoms with Crippen LogP contribution in [0.2, 0.25) is 0 Å². The maximum absolute atomic E-state index is 13.6. The Morgan fingerprint density at radius 1 is 0.538 bits per heavy atom. The van der Waals surface area contributed by atoms with E-state index in [1.807, 2.05) is 9.47 Å². The van der Waals surface area contributed by atoms with E-state index in [4.69, 9.17) is 0 Å². The van der Waals surface area contributed by atoms with Crippen LogP contribution in [0.3, 0.4) is 0 Å². The van der Waals surface area contributed by atoms with Crippen LogP contribution < -0.4 is 0 Å². The molecule has 4 nitrogen and oxygen atoms in total. The summed E-state index contributed by atoms with van der Waals surface area (Å²) in [6.45, 7) is 0. The van der Waals surface area contributed by atoms with Crippen LogP contribution in [0.15, 0.2) is 0 Å². The summed E-state index contributed by atoms with van der Waals surface area (Å²) in [5.74, 6) is -12.9. The molecule has 0 N–H and O–H groups in total. The number of carbonyl (C=O) groups is 2. The third kappa shape index (κ3) is 4.45. The van der Waals surface area contributed by atoms with Crippen LogP contribution in [0.4, 0.5) is 52.7 Å². The van der Waals surface area contributed by atoms with E-state index in [1.165, 1.54) is 0 Å². The Kier molecular flexibility index (Phi) is 6.60. The standard InChI is InChI=1S/C8Cl2F12O4/c9-1(23)3(11,5(13,14)15)25-8(22,7(19,20)21)26-4(12,2(10)24)6(16,17)18. The second kappa shape index (κ2) is 6.87. The smallest absolute Gasteiger partial charge is 0.274 e. The monoisotopic (exact) mass is 458 g/mol. The Bertz CT molecular complexity index is 531. The minimum absolute atomic E-state index is 2.02. The number of alkyl halides is 12. The third-order valence-corrected chi connectivity index (χ3v) is 2.60. The highest BCUT2D eigenvalue weighted by Gasteiger charge is 2.78. The Morgan fingerprint density at radius 2 is 0.769 bits per heavy atom. The van der Waals surface area contributed by atoms with E-state index in [1.54, 1.807) is 0 Å². The Balaban J connectivity index is 6.44. The molecule has 0 fully saturated rings. The second-order valence-electron chi connectivity index (χ2n) is 3.97. The van der Waals surface area contributed by atoms with Gasteiger partial charge in [0.15, 0.2) is 0 Å². The van der Waals surface area contributed by atoms with Gasteiger partial charge in [0.05, 0.1) is 0 Å². The van der Waals surface area contributed by atoms with Crippen molar-refractivity contribution in [3.05, 3.63) is 0 Å². The number of ether oxygens (including phenoxy) is 2. The summed E-state index contributed by atoms with van der Waals surface area (Å²) in [5.41, 5.74) is 0. The quantitative estimate of drug-likeness (QED) is 0.340. The molecular formula is C8Cl2F12O4. The van der Waals surface area contributed by atoms with Crippen LogP contribution in [0, 0.1) is 0 Å². The Morgan fingerprint density at radius 3 is 0.885 bits per heavy atom. The van der Waals surface area contributed by atoms with Crippen molar-refractivity contribution >= 4 is 33.7 Å². The lowest BCUT2D eigenvalue weighted by molar-refractivity contribution is -0.525. The van der Waals surface area contributed by atoms with Gasteiger partial charge in [-0.2, -0.15) is 52.7 Å². The van der Waals surface area contributed by atoms with Gasteiger partial charge in [0.1, 0.15) is 0 Å². The van der Waals surface area contributed by atoms with Crippen LogP contribution in [0.1, 0.15) is 0 Å². The molecule has 0 aliphatic carbocycles. The SMILES string of the molecule is O=C(Cl)C(F)(OC(F)(OC(F)(C(=O)Cl)C(F)(F)F)C(F)(F)F)C(F)(F)F. The van der Waals surface area contributed by atoms with Gasteiger partial charge in [-0.05, 0) is 23.2 Å². The zero-order chi connectivity index (χ0) is 21.6. The fourth-order valence-corrected chi connectivity index (χ4v) is 1.21. The normalized spacial score (nSPS) is 20.7. The van der Waals surface area contributed by atoms with E-state index in [0.29, 0.717) is 0 Å². The lowest BCUT2D eigenvalue weighted by Crippen LogP contribution is -2.63. The van der Waals surface area contributed by atoms with Gasteiger partial charge in [-0.1, -0.05) is 0 Å². The molecule has 2 atom stereocenters. The Hall–Kier alpha value is -1.00. The molecule has 2 unspecified atom stereocenters. The molecule has 0 saturated heterocycles. The number of rotatable bonds is 6. The maximum Gasteiger partial charge on any atom is 0.478 e. The number of hydrogen-bond acceptors (Lipinski definition) is 4. The van der Waals surface area contributed by atoms with Crippen LogP contribution >= 0.6 is 23.2 Å². The van der Waals surface area contributed by atoms with Gasteiger partial charge in [0.25, 0.3) is 10.5 Å². The predicted octanol–water partition coefficient (Wildman–Crippen LogP) is 4.19. The fraction of sp³-hybridized carbons (Fsp3) is 0.750. The first kappa shape index (κ1) is 25.0. The van der Waals surface area contributed by atoms with E-state index in [0.717, 1.165) is 0 Å².